The zero-order chi connectivity index (χ0) is 35.6. The molecule has 0 radical (unpaired) electrons. The third-order valence-electron chi connectivity index (χ3n) is 8.44. The highest BCUT2D eigenvalue weighted by molar-refractivity contribution is 7.89. The monoisotopic (exact) mass is 726 g/mol. The number of fused-ring (bicyclic) bond motifs is 1. The van der Waals surface area contributed by atoms with Crippen molar-refractivity contribution >= 4 is 33.4 Å². The maximum absolute atomic E-state index is 16.2. The lowest BCUT2D eigenvalue weighted by atomic mass is 10.0. The van der Waals surface area contributed by atoms with Gasteiger partial charge in [-0.25, -0.2) is 27.0 Å². The summed E-state index contributed by atoms with van der Waals surface area (Å²) in [7, 11) is -1.45. The molecule has 2 aromatic heterocycles. The van der Waals surface area contributed by atoms with Crippen LogP contribution >= 0.6 is 11.6 Å². The molecule has 0 bridgehead atoms. The Morgan fingerprint density at radius 3 is 2.10 bits per heavy atom. The molecule has 11 nitrogen and oxygen atoms in total. The summed E-state index contributed by atoms with van der Waals surface area (Å²) >= 11 is 6.20. The van der Waals surface area contributed by atoms with Crippen LogP contribution in [0.4, 0.5) is 13.6 Å². The molecular formula is C35H33ClF2N4O7S. The summed E-state index contributed by atoms with van der Waals surface area (Å²) in [5.41, 5.74) is 1.24. The third kappa shape index (κ3) is 7.38. The molecule has 50 heavy (non-hydrogen) atoms. The van der Waals surface area contributed by atoms with Gasteiger partial charge in [-0.2, -0.15) is 4.31 Å². The Balaban J connectivity index is 1.39. The topological polar surface area (TPSA) is 123 Å². The molecule has 1 amide bonds. The second-order valence-electron chi connectivity index (χ2n) is 11.6. The van der Waals surface area contributed by atoms with Gasteiger partial charge in [0.15, 0.2) is 0 Å². The van der Waals surface area contributed by atoms with Gasteiger partial charge in [0.1, 0.15) is 28.8 Å². The smallest absolute Gasteiger partial charge is 0.407 e. The van der Waals surface area contributed by atoms with Crippen LogP contribution in [-0.4, -0.2) is 78.2 Å². The van der Waals surface area contributed by atoms with Crippen molar-refractivity contribution in [2.24, 2.45) is 0 Å². The minimum atomic E-state index is -4.48. The van der Waals surface area contributed by atoms with Crippen LogP contribution in [0.5, 0.6) is 11.5 Å². The number of imidazole rings is 1. The lowest BCUT2D eigenvalue weighted by molar-refractivity contribution is -0.0214. The SMILES string of the molecule is COc1ccc(CN(Cc2ccc(OC)cc2)S(=O)(=O)c2cc(F)c(-c3nc4cc(Cl)ccn4c3C[C@H]3CN(C(=O)O)CCO3)c(F)c2)cc1. The molecule has 3 heterocycles. The van der Waals surface area contributed by atoms with Crippen molar-refractivity contribution in [3.8, 4) is 22.8 Å². The summed E-state index contributed by atoms with van der Waals surface area (Å²) in [6, 6.07) is 18.3. The average molecular weight is 727 g/mol. The van der Waals surface area contributed by atoms with E-state index in [1.165, 1.54) is 25.2 Å². The molecule has 1 atom stereocenters. The summed E-state index contributed by atoms with van der Waals surface area (Å²) in [4.78, 5) is 16.7. The van der Waals surface area contributed by atoms with E-state index in [-0.39, 0.29) is 50.5 Å². The van der Waals surface area contributed by atoms with Crippen LogP contribution in [0.25, 0.3) is 16.9 Å². The van der Waals surface area contributed by atoms with Gasteiger partial charge in [0, 0.05) is 43.3 Å². The number of methoxy groups -OCH3 is 2. The van der Waals surface area contributed by atoms with Crippen molar-refractivity contribution in [2.75, 3.05) is 33.9 Å². The van der Waals surface area contributed by atoms with Gasteiger partial charge in [-0.3, -0.25) is 0 Å². The summed E-state index contributed by atoms with van der Waals surface area (Å²) in [6.07, 6.45) is -0.0976. The Labute approximate surface area is 292 Å². The van der Waals surface area contributed by atoms with Gasteiger partial charge in [-0.1, -0.05) is 35.9 Å². The fourth-order valence-corrected chi connectivity index (χ4v) is 7.46. The number of hydrogen-bond acceptors (Lipinski definition) is 7. The molecule has 1 aliphatic rings. The fourth-order valence-electron chi connectivity index (χ4n) is 5.87. The van der Waals surface area contributed by atoms with Crippen LogP contribution in [0.1, 0.15) is 16.8 Å². The lowest BCUT2D eigenvalue weighted by Gasteiger charge is -2.31. The zero-order valence-electron chi connectivity index (χ0n) is 27.1. The molecule has 1 N–H and O–H groups in total. The van der Waals surface area contributed by atoms with E-state index in [4.69, 9.17) is 25.8 Å². The van der Waals surface area contributed by atoms with E-state index in [1.54, 1.807) is 65.2 Å². The second kappa shape index (κ2) is 14.6. The van der Waals surface area contributed by atoms with E-state index in [1.807, 2.05) is 0 Å². The normalized spacial score (nSPS) is 15.1. The molecule has 1 saturated heterocycles. The number of sulfonamides is 1. The quantitative estimate of drug-likeness (QED) is 0.169. The van der Waals surface area contributed by atoms with Crippen LogP contribution < -0.4 is 9.47 Å². The molecule has 262 valence electrons. The van der Waals surface area contributed by atoms with E-state index >= 15 is 8.78 Å². The highest BCUT2D eigenvalue weighted by Crippen LogP contribution is 2.34. The van der Waals surface area contributed by atoms with Crippen molar-refractivity contribution in [2.45, 2.75) is 30.5 Å². The highest BCUT2D eigenvalue weighted by atomic mass is 35.5. The number of morpholine rings is 1. The first kappa shape index (κ1) is 35.1. The van der Waals surface area contributed by atoms with Gasteiger partial charge >= 0.3 is 6.09 Å². The predicted octanol–water partition coefficient (Wildman–Crippen LogP) is 6.26. The van der Waals surface area contributed by atoms with Crippen molar-refractivity contribution in [1.82, 2.24) is 18.6 Å². The van der Waals surface area contributed by atoms with Crippen LogP contribution in [0, 0.1) is 11.6 Å². The molecule has 1 fully saturated rings. The summed E-state index contributed by atoms with van der Waals surface area (Å²) in [6.45, 7) is 0.170. The molecule has 1 aliphatic heterocycles. The minimum Gasteiger partial charge on any atom is -0.497 e. The second-order valence-corrected chi connectivity index (χ2v) is 14.0. The first-order chi connectivity index (χ1) is 24.0. The maximum Gasteiger partial charge on any atom is 0.407 e. The summed E-state index contributed by atoms with van der Waals surface area (Å²) < 4.78 is 79.7. The van der Waals surface area contributed by atoms with Gasteiger partial charge < -0.3 is 28.6 Å². The van der Waals surface area contributed by atoms with E-state index in [9.17, 15) is 18.3 Å². The molecule has 6 rings (SSSR count). The van der Waals surface area contributed by atoms with E-state index in [2.05, 4.69) is 4.98 Å². The standard InChI is InChI=1S/C35H33ClF2N4O7S/c1-47-25-7-3-22(4-8-25)19-41(20-23-5-9-26(48-2)10-6-23)50(45,46)28-17-29(37)33(30(38)18-28)34-31(42-12-11-24(36)15-32(42)39-34)16-27-21-40(35(43)44)13-14-49-27/h3-12,15,17-18,27H,13-14,16,19-21H2,1-2H3,(H,43,44)/t27-/m0/s1. The maximum atomic E-state index is 16.2. The first-order valence-corrected chi connectivity index (χ1v) is 17.3. The lowest BCUT2D eigenvalue weighted by Crippen LogP contribution is -2.45. The molecule has 5 aromatic rings. The molecular weight excluding hydrogens is 694 g/mol. The molecule has 0 saturated carbocycles. The van der Waals surface area contributed by atoms with Gasteiger partial charge in [-0.05, 0) is 53.6 Å². The van der Waals surface area contributed by atoms with Crippen LogP contribution in [0.3, 0.4) is 0 Å². The highest BCUT2D eigenvalue weighted by Gasteiger charge is 2.31. The van der Waals surface area contributed by atoms with Gasteiger partial charge in [0.25, 0.3) is 0 Å². The first-order valence-electron chi connectivity index (χ1n) is 15.5. The Morgan fingerprint density at radius 2 is 1.56 bits per heavy atom. The third-order valence-corrected chi connectivity index (χ3v) is 10.4. The van der Waals surface area contributed by atoms with Gasteiger partial charge in [-0.15, -0.1) is 0 Å². The van der Waals surface area contributed by atoms with E-state index in [0.717, 1.165) is 16.4 Å². The largest absolute Gasteiger partial charge is 0.497 e. The number of rotatable bonds is 11. The number of carbonyl (C=O) groups is 1. The van der Waals surface area contributed by atoms with E-state index < -0.39 is 44.3 Å². The Morgan fingerprint density at radius 1 is 0.980 bits per heavy atom. The molecule has 0 unspecified atom stereocenters. The van der Waals surface area contributed by atoms with Gasteiger partial charge in [0.2, 0.25) is 10.0 Å². The summed E-state index contributed by atoms with van der Waals surface area (Å²) in [5, 5.41) is 9.84. The number of benzene rings is 3. The molecule has 15 heteroatoms. The Kier molecular flexibility index (Phi) is 10.3. The van der Waals surface area contributed by atoms with Crippen LogP contribution in [0.15, 0.2) is 83.9 Å². The Bertz CT molecular complexity index is 2060. The number of pyridine rings is 1. The molecule has 3 aromatic carbocycles. The summed E-state index contributed by atoms with van der Waals surface area (Å²) in [5.74, 6) is -1.13. The van der Waals surface area contributed by atoms with Crippen LogP contribution in [0.2, 0.25) is 5.02 Å². The zero-order valence-corrected chi connectivity index (χ0v) is 28.6. The molecule has 0 spiro atoms. The van der Waals surface area contributed by atoms with Crippen molar-refractivity contribution in [3.05, 3.63) is 112 Å². The number of nitrogens with zero attached hydrogens (tertiary/aromatic N) is 4. The number of carboxylic acid groups (broad SMARTS) is 1. The average Bonchev–Trinajstić information content (AvgIpc) is 3.44. The number of halogens is 3. The number of amides is 1. The fraction of sp³-hybridized carbons (Fsp3) is 0.257. The Hall–Kier alpha value is -4.76. The number of aromatic nitrogens is 2. The number of ether oxygens (including phenoxy) is 3. The molecule has 0 aliphatic carbocycles. The number of hydrogen-bond donors (Lipinski definition) is 1. The van der Waals surface area contributed by atoms with Crippen molar-refractivity contribution in [1.29, 1.82) is 0 Å². The van der Waals surface area contributed by atoms with E-state index in [0.29, 0.717) is 33.3 Å². The predicted molar refractivity (Wildman–Crippen MR) is 181 cm³/mol. The minimum absolute atomic E-state index is 0.0377. The van der Waals surface area contributed by atoms with Crippen molar-refractivity contribution < 1.29 is 41.3 Å². The van der Waals surface area contributed by atoms with Crippen molar-refractivity contribution in [3.63, 3.8) is 0 Å². The van der Waals surface area contributed by atoms with Crippen LogP contribution in [-0.2, 0) is 34.3 Å². The van der Waals surface area contributed by atoms with Gasteiger partial charge in [0.05, 0.1) is 55.3 Å².